The highest BCUT2D eigenvalue weighted by Crippen LogP contribution is 2.15. The largest absolute Gasteiger partial charge is 0.395 e. The zero-order chi connectivity index (χ0) is 15.0. The van der Waals surface area contributed by atoms with Gasteiger partial charge in [-0.05, 0) is 20.3 Å². The lowest BCUT2D eigenvalue weighted by Crippen LogP contribution is -2.28. The maximum Gasteiger partial charge on any atom is 0.231 e. The van der Waals surface area contributed by atoms with Crippen LogP contribution in [0.15, 0.2) is 0 Å². The van der Waals surface area contributed by atoms with Crippen molar-refractivity contribution in [2.45, 2.75) is 27.2 Å². The summed E-state index contributed by atoms with van der Waals surface area (Å²) in [7, 11) is 1.86. The summed E-state index contributed by atoms with van der Waals surface area (Å²) >= 11 is 0. The maximum absolute atomic E-state index is 9.04. The van der Waals surface area contributed by atoms with Crippen molar-refractivity contribution < 1.29 is 5.11 Å². The van der Waals surface area contributed by atoms with Crippen LogP contribution in [0.1, 0.15) is 27.2 Å². The molecule has 1 aromatic heterocycles. The van der Waals surface area contributed by atoms with Crippen LogP contribution in [-0.4, -0.2) is 59.9 Å². The average Bonchev–Trinajstić information content (AvgIpc) is 2.46. The molecule has 0 aliphatic carbocycles. The van der Waals surface area contributed by atoms with E-state index in [4.69, 9.17) is 5.11 Å². The number of aliphatic hydroxyl groups excluding tert-OH is 1. The number of hydrogen-bond acceptors (Lipinski definition) is 7. The van der Waals surface area contributed by atoms with E-state index in [1.54, 1.807) is 0 Å². The van der Waals surface area contributed by atoms with Crippen LogP contribution in [0.25, 0.3) is 0 Å². The second-order valence-electron chi connectivity index (χ2n) is 4.50. The molecule has 0 unspecified atom stereocenters. The van der Waals surface area contributed by atoms with E-state index in [9.17, 15) is 0 Å². The molecule has 0 fully saturated rings. The van der Waals surface area contributed by atoms with Gasteiger partial charge in [0, 0.05) is 33.2 Å². The molecule has 0 aliphatic heterocycles. The highest BCUT2D eigenvalue weighted by Gasteiger charge is 2.13. The van der Waals surface area contributed by atoms with Gasteiger partial charge >= 0.3 is 0 Å². The second kappa shape index (κ2) is 8.52. The number of anilines is 3. The molecule has 114 valence electrons. The molecule has 7 heteroatoms. The van der Waals surface area contributed by atoms with Gasteiger partial charge in [-0.25, -0.2) is 0 Å². The van der Waals surface area contributed by atoms with Gasteiger partial charge in [0.25, 0.3) is 0 Å². The van der Waals surface area contributed by atoms with Crippen LogP contribution in [0.5, 0.6) is 0 Å². The Bertz CT molecular complexity index is 396. The second-order valence-corrected chi connectivity index (χ2v) is 4.50. The Morgan fingerprint density at radius 3 is 2.25 bits per heavy atom. The minimum atomic E-state index is 0.0699. The Kier molecular flexibility index (Phi) is 7.00. The summed E-state index contributed by atoms with van der Waals surface area (Å²) in [5.41, 5.74) is 0. The quantitative estimate of drug-likeness (QED) is 0.698. The number of nitrogens with one attached hydrogen (secondary N) is 1. The molecular formula is C13H26N6O. The summed E-state index contributed by atoms with van der Waals surface area (Å²) in [4.78, 5) is 17.2. The highest BCUT2D eigenvalue weighted by molar-refractivity contribution is 5.44. The van der Waals surface area contributed by atoms with E-state index in [1.807, 2.05) is 11.9 Å². The standard InChI is InChI=1S/C13H26N6O/c1-5-8-14-11-15-12(18(4)9-10-20)17-13(16-11)19(6-2)7-3/h20H,5-10H2,1-4H3,(H,14,15,16,17). The van der Waals surface area contributed by atoms with Crippen LogP contribution in [0, 0.1) is 0 Å². The average molecular weight is 282 g/mol. The predicted molar refractivity (Wildman–Crippen MR) is 82.5 cm³/mol. The van der Waals surface area contributed by atoms with Crippen LogP contribution in [0.2, 0.25) is 0 Å². The number of aromatic nitrogens is 3. The van der Waals surface area contributed by atoms with E-state index in [2.05, 4.69) is 45.9 Å². The van der Waals surface area contributed by atoms with Gasteiger partial charge in [0.05, 0.1) is 6.61 Å². The lowest BCUT2D eigenvalue weighted by molar-refractivity contribution is 0.303. The van der Waals surface area contributed by atoms with Crippen molar-refractivity contribution in [2.24, 2.45) is 0 Å². The van der Waals surface area contributed by atoms with Gasteiger partial charge in [0.2, 0.25) is 17.8 Å². The Balaban J connectivity index is 3.06. The molecule has 2 N–H and O–H groups in total. The van der Waals surface area contributed by atoms with Crippen LogP contribution >= 0.6 is 0 Å². The first-order chi connectivity index (χ1) is 9.65. The van der Waals surface area contributed by atoms with E-state index in [0.717, 1.165) is 26.1 Å². The van der Waals surface area contributed by atoms with Crippen molar-refractivity contribution >= 4 is 17.8 Å². The molecule has 0 atom stereocenters. The van der Waals surface area contributed by atoms with Gasteiger partial charge in [-0.15, -0.1) is 0 Å². The predicted octanol–water partition coefficient (Wildman–Crippen LogP) is 0.968. The molecule has 0 spiro atoms. The van der Waals surface area contributed by atoms with Gasteiger partial charge in [0.15, 0.2) is 0 Å². The number of likely N-dealkylation sites (N-methyl/N-ethyl adjacent to an activating group) is 1. The van der Waals surface area contributed by atoms with Gasteiger partial charge < -0.3 is 20.2 Å². The smallest absolute Gasteiger partial charge is 0.231 e. The molecule has 0 saturated carbocycles. The van der Waals surface area contributed by atoms with Gasteiger partial charge in [-0.2, -0.15) is 15.0 Å². The molecular weight excluding hydrogens is 256 g/mol. The van der Waals surface area contributed by atoms with Gasteiger partial charge in [-0.1, -0.05) is 6.92 Å². The summed E-state index contributed by atoms with van der Waals surface area (Å²) in [6.45, 7) is 9.32. The zero-order valence-electron chi connectivity index (χ0n) is 12.9. The molecule has 1 heterocycles. The fraction of sp³-hybridized carbons (Fsp3) is 0.769. The zero-order valence-corrected chi connectivity index (χ0v) is 12.9. The number of rotatable bonds is 9. The van der Waals surface area contributed by atoms with E-state index >= 15 is 0 Å². The minimum Gasteiger partial charge on any atom is -0.395 e. The molecule has 0 aliphatic rings. The first kappa shape index (κ1) is 16.4. The summed E-state index contributed by atoms with van der Waals surface area (Å²) in [6.07, 6.45) is 1.01. The molecule has 0 saturated heterocycles. The Morgan fingerprint density at radius 1 is 1.05 bits per heavy atom. The van der Waals surface area contributed by atoms with E-state index in [0.29, 0.717) is 24.4 Å². The normalized spacial score (nSPS) is 10.4. The topological polar surface area (TPSA) is 77.4 Å². The Labute approximate surface area is 121 Å². The van der Waals surface area contributed by atoms with Crippen molar-refractivity contribution in [2.75, 3.05) is 55.0 Å². The molecule has 1 rings (SSSR count). The Hall–Kier alpha value is -1.63. The van der Waals surface area contributed by atoms with Crippen LogP contribution in [-0.2, 0) is 0 Å². The molecule has 0 aromatic carbocycles. The van der Waals surface area contributed by atoms with Crippen molar-refractivity contribution in [3.8, 4) is 0 Å². The molecule has 0 radical (unpaired) electrons. The molecule has 7 nitrogen and oxygen atoms in total. The summed E-state index contributed by atoms with van der Waals surface area (Å²) in [5.74, 6) is 1.83. The Morgan fingerprint density at radius 2 is 1.70 bits per heavy atom. The molecule has 0 bridgehead atoms. The van der Waals surface area contributed by atoms with E-state index in [1.165, 1.54) is 0 Å². The third-order valence-electron chi connectivity index (χ3n) is 2.97. The number of aliphatic hydroxyl groups is 1. The van der Waals surface area contributed by atoms with Crippen LogP contribution in [0.3, 0.4) is 0 Å². The van der Waals surface area contributed by atoms with Crippen LogP contribution in [0.4, 0.5) is 17.8 Å². The SMILES string of the molecule is CCCNc1nc(N(C)CCO)nc(N(CC)CC)n1. The van der Waals surface area contributed by atoms with Crippen molar-refractivity contribution in [3.63, 3.8) is 0 Å². The van der Waals surface area contributed by atoms with Gasteiger partial charge in [0.1, 0.15) is 0 Å². The third kappa shape index (κ3) is 4.48. The fourth-order valence-electron chi connectivity index (χ4n) is 1.74. The summed E-state index contributed by atoms with van der Waals surface area (Å²) in [5, 5.41) is 12.2. The highest BCUT2D eigenvalue weighted by atomic mass is 16.3. The lowest BCUT2D eigenvalue weighted by Gasteiger charge is -2.22. The number of hydrogen-bond donors (Lipinski definition) is 2. The maximum atomic E-state index is 9.04. The summed E-state index contributed by atoms with van der Waals surface area (Å²) in [6, 6.07) is 0. The number of nitrogens with zero attached hydrogens (tertiary/aromatic N) is 5. The fourth-order valence-corrected chi connectivity index (χ4v) is 1.74. The lowest BCUT2D eigenvalue weighted by atomic mass is 10.5. The van der Waals surface area contributed by atoms with Crippen molar-refractivity contribution in [3.05, 3.63) is 0 Å². The molecule has 20 heavy (non-hydrogen) atoms. The van der Waals surface area contributed by atoms with Crippen LogP contribution < -0.4 is 15.1 Å². The van der Waals surface area contributed by atoms with E-state index in [-0.39, 0.29) is 6.61 Å². The summed E-state index contributed by atoms with van der Waals surface area (Å²) < 4.78 is 0. The minimum absolute atomic E-state index is 0.0699. The third-order valence-corrected chi connectivity index (χ3v) is 2.97. The first-order valence-electron chi connectivity index (χ1n) is 7.23. The molecule has 0 amide bonds. The van der Waals surface area contributed by atoms with E-state index < -0.39 is 0 Å². The molecule has 1 aromatic rings. The monoisotopic (exact) mass is 282 g/mol. The first-order valence-corrected chi connectivity index (χ1v) is 7.23. The van der Waals surface area contributed by atoms with Crippen molar-refractivity contribution in [1.29, 1.82) is 0 Å². The van der Waals surface area contributed by atoms with Gasteiger partial charge in [-0.3, -0.25) is 0 Å². The van der Waals surface area contributed by atoms with Crippen molar-refractivity contribution in [1.82, 2.24) is 15.0 Å².